The van der Waals surface area contributed by atoms with Crippen LogP contribution in [0.25, 0.3) is 22.6 Å². The summed E-state index contributed by atoms with van der Waals surface area (Å²) in [5.74, 6) is 1.76. The van der Waals surface area contributed by atoms with Crippen LogP contribution in [0.4, 0.5) is 0 Å². The van der Waals surface area contributed by atoms with Gasteiger partial charge in [0.1, 0.15) is 22.7 Å². The van der Waals surface area contributed by atoms with Gasteiger partial charge in [0, 0.05) is 5.56 Å². The summed E-state index contributed by atoms with van der Waals surface area (Å²) >= 11 is 0. The Hall–Kier alpha value is -3.22. The number of fused-ring (bicyclic) bond motifs is 1. The molecule has 3 heterocycles. The summed E-state index contributed by atoms with van der Waals surface area (Å²) in [5, 5.41) is 4.23. The van der Waals surface area contributed by atoms with Crippen LogP contribution in [0.3, 0.4) is 0 Å². The molecule has 0 bridgehead atoms. The summed E-state index contributed by atoms with van der Waals surface area (Å²) in [6, 6.07) is 7.95. The number of aryl methyl sites for hydroxylation is 4. The summed E-state index contributed by atoms with van der Waals surface area (Å²) < 4.78 is 12.5. The van der Waals surface area contributed by atoms with Gasteiger partial charge in [-0.15, -0.1) is 0 Å². The van der Waals surface area contributed by atoms with E-state index in [1.807, 2.05) is 38.1 Å². The Kier molecular flexibility index (Phi) is 3.72. The largest absolute Gasteiger partial charge is 0.441 e. The van der Waals surface area contributed by atoms with Gasteiger partial charge in [-0.2, -0.15) is 4.98 Å². The molecule has 0 unspecified atom stereocenters. The molecule has 0 aliphatic heterocycles. The SMILES string of the molecule is Cc1cccc(-c2nc(Cn3c(C)nc4onc(C)c4c3=O)c(C)o2)c1. The maximum Gasteiger partial charge on any atom is 0.267 e. The third kappa shape index (κ3) is 2.61. The van der Waals surface area contributed by atoms with Gasteiger partial charge in [0.25, 0.3) is 11.3 Å². The topological polar surface area (TPSA) is 87.0 Å². The summed E-state index contributed by atoms with van der Waals surface area (Å²) in [7, 11) is 0. The van der Waals surface area contributed by atoms with Crippen molar-refractivity contribution in [2.75, 3.05) is 0 Å². The van der Waals surface area contributed by atoms with Gasteiger partial charge in [-0.1, -0.05) is 22.9 Å². The first kappa shape index (κ1) is 16.3. The zero-order valence-corrected chi connectivity index (χ0v) is 15.0. The minimum Gasteiger partial charge on any atom is -0.441 e. The molecule has 26 heavy (non-hydrogen) atoms. The van der Waals surface area contributed by atoms with Crippen LogP contribution in [0.2, 0.25) is 0 Å². The van der Waals surface area contributed by atoms with Crippen molar-refractivity contribution in [1.82, 2.24) is 19.7 Å². The van der Waals surface area contributed by atoms with E-state index in [1.165, 1.54) is 0 Å². The Morgan fingerprint density at radius 2 is 1.92 bits per heavy atom. The van der Waals surface area contributed by atoms with Gasteiger partial charge in [0.2, 0.25) is 5.89 Å². The van der Waals surface area contributed by atoms with Crippen molar-refractivity contribution in [3.8, 4) is 11.5 Å². The molecule has 1 aromatic carbocycles. The average Bonchev–Trinajstić information content (AvgIpc) is 3.15. The number of oxazole rings is 1. The van der Waals surface area contributed by atoms with Crippen LogP contribution in [0.1, 0.15) is 28.5 Å². The molecule has 0 amide bonds. The molecule has 3 aromatic heterocycles. The number of benzene rings is 1. The number of hydrogen-bond acceptors (Lipinski definition) is 6. The zero-order chi connectivity index (χ0) is 18.4. The van der Waals surface area contributed by atoms with Crippen LogP contribution in [-0.2, 0) is 6.54 Å². The third-order valence-corrected chi connectivity index (χ3v) is 4.42. The Morgan fingerprint density at radius 3 is 2.69 bits per heavy atom. The highest BCUT2D eigenvalue weighted by atomic mass is 16.5. The Morgan fingerprint density at radius 1 is 1.12 bits per heavy atom. The Bertz CT molecular complexity index is 1180. The maximum atomic E-state index is 12.8. The number of aromatic nitrogens is 4. The van der Waals surface area contributed by atoms with E-state index < -0.39 is 0 Å². The number of hydrogen-bond donors (Lipinski definition) is 0. The van der Waals surface area contributed by atoms with E-state index in [0.29, 0.717) is 34.2 Å². The standard InChI is InChI=1S/C19H18N4O3/c1-10-6-5-7-14(8-10)17-21-15(12(3)25-17)9-23-13(4)20-18-16(19(23)24)11(2)22-26-18/h5-8H,9H2,1-4H3. The molecule has 0 N–H and O–H groups in total. The molecule has 4 aromatic rings. The predicted octanol–water partition coefficient (Wildman–Crippen LogP) is 3.32. The lowest BCUT2D eigenvalue weighted by molar-refractivity contribution is 0.441. The first-order chi connectivity index (χ1) is 12.4. The van der Waals surface area contributed by atoms with Gasteiger partial charge in [0.15, 0.2) is 0 Å². The molecule has 0 fully saturated rings. The van der Waals surface area contributed by atoms with Crippen molar-refractivity contribution >= 4 is 11.1 Å². The molecular formula is C19H18N4O3. The van der Waals surface area contributed by atoms with Crippen molar-refractivity contribution in [3.05, 3.63) is 63.2 Å². The molecular weight excluding hydrogens is 332 g/mol. The lowest BCUT2D eigenvalue weighted by Gasteiger charge is -2.07. The molecule has 0 radical (unpaired) electrons. The van der Waals surface area contributed by atoms with Crippen molar-refractivity contribution in [2.24, 2.45) is 0 Å². The van der Waals surface area contributed by atoms with Crippen LogP contribution >= 0.6 is 0 Å². The fourth-order valence-electron chi connectivity index (χ4n) is 2.98. The second kappa shape index (κ2) is 5.94. The van der Waals surface area contributed by atoms with E-state index in [4.69, 9.17) is 8.94 Å². The summed E-state index contributed by atoms with van der Waals surface area (Å²) in [4.78, 5) is 21.8. The maximum absolute atomic E-state index is 12.8. The van der Waals surface area contributed by atoms with E-state index in [2.05, 4.69) is 15.1 Å². The lowest BCUT2D eigenvalue weighted by atomic mass is 10.1. The molecule has 0 aliphatic rings. The minimum atomic E-state index is -0.189. The molecule has 0 aliphatic carbocycles. The van der Waals surface area contributed by atoms with Gasteiger partial charge in [0.05, 0.1) is 12.2 Å². The molecule has 132 valence electrons. The number of rotatable bonds is 3. The van der Waals surface area contributed by atoms with Gasteiger partial charge in [-0.3, -0.25) is 9.36 Å². The van der Waals surface area contributed by atoms with Crippen LogP contribution in [0, 0.1) is 27.7 Å². The lowest BCUT2D eigenvalue weighted by Crippen LogP contribution is -2.24. The van der Waals surface area contributed by atoms with E-state index in [1.54, 1.807) is 18.4 Å². The van der Waals surface area contributed by atoms with Crippen LogP contribution in [0.15, 0.2) is 38.0 Å². The molecule has 0 spiro atoms. The quantitative estimate of drug-likeness (QED) is 0.563. The monoisotopic (exact) mass is 350 g/mol. The minimum absolute atomic E-state index is 0.189. The summed E-state index contributed by atoms with van der Waals surface area (Å²) in [6.45, 7) is 7.63. The van der Waals surface area contributed by atoms with E-state index in [-0.39, 0.29) is 17.8 Å². The Labute approximate surface area is 149 Å². The van der Waals surface area contributed by atoms with Crippen molar-refractivity contribution in [2.45, 2.75) is 34.2 Å². The normalized spacial score (nSPS) is 11.4. The highest BCUT2D eigenvalue weighted by molar-refractivity contribution is 5.74. The van der Waals surface area contributed by atoms with Gasteiger partial charge in [-0.25, -0.2) is 4.98 Å². The van der Waals surface area contributed by atoms with Crippen molar-refractivity contribution in [3.63, 3.8) is 0 Å². The first-order valence-electron chi connectivity index (χ1n) is 8.31. The van der Waals surface area contributed by atoms with E-state index in [9.17, 15) is 4.79 Å². The molecule has 0 saturated heterocycles. The predicted molar refractivity (Wildman–Crippen MR) is 96.1 cm³/mol. The second-order valence-electron chi connectivity index (χ2n) is 6.39. The van der Waals surface area contributed by atoms with Gasteiger partial charge in [-0.05, 0) is 39.8 Å². The number of nitrogens with zero attached hydrogens (tertiary/aromatic N) is 4. The van der Waals surface area contributed by atoms with Crippen molar-refractivity contribution < 1.29 is 8.94 Å². The van der Waals surface area contributed by atoms with Crippen LogP contribution in [0.5, 0.6) is 0 Å². The fraction of sp³-hybridized carbons (Fsp3) is 0.263. The molecule has 0 atom stereocenters. The highest BCUT2D eigenvalue weighted by Crippen LogP contribution is 2.23. The zero-order valence-electron chi connectivity index (χ0n) is 15.0. The van der Waals surface area contributed by atoms with Crippen LogP contribution in [-0.4, -0.2) is 19.7 Å². The average molecular weight is 350 g/mol. The second-order valence-corrected chi connectivity index (χ2v) is 6.39. The molecule has 0 saturated carbocycles. The van der Waals surface area contributed by atoms with Crippen molar-refractivity contribution in [1.29, 1.82) is 0 Å². The fourth-order valence-corrected chi connectivity index (χ4v) is 2.98. The summed E-state index contributed by atoms with van der Waals surface area (Å²) in [5.41, 5.74) is 3.34. The van der Waals surface area contributed by atoms with E-state index >= 15 is 0 Å². The highest BCUT2D eigenvalue weighted by Gasteiger charge is 2.18. The van der Waals surface area contributed by atoms with Crippen LogP contribution < -0.4 is 5.56 Å². The van der Waals surface area contributed by atoms with E-state index in [0.717, 1.165) is 11.1 Å². The molecule has 4 rings (SSSR count). The first-order valence-corrected chi connectivity index (χ1v) is 8.31. The molecule has 7 heteroatoms. The molecule has 7 nitrogen and oxygen atoms in total. The summed E-state index contributed by atoms with van der Waals surface area (Å²) in [6.07, 6.45) is 0. The van der Waals surface area contributed by atoms with Gasteiger partial charge < -0.3 is 8.94 Å². The third-order valence-electron chi connectivity index (χ3n) is 4.42. The smallest absolute Gasteiger partial charge is 0.267 e. The van der Waals surface area contributed by atoms with Gasteiger partial charge >= 0.3 is 0 Å². The Balaban J connectivity index is 1.78.